The van der Waals surface area contributed by atoms with E-state index in [-0.39, 0.29) is 37.8 Å². The molecule has 0 atom stereocenters. The molecule has 0 radical (unpaired) electrons. The summed E-state index contributed by atoms with van der Waals surface area (Å²) in [7, 11) is 0. The molecule has 0 bridgehead atoms. The van der Waals surface area contributed by atoms with Crippen LogP contribution in [0.4, 0.5) is 14.9 Å². The Kier molecular flexibility index (Phi) is 6.70. The molecule has 0 aliphatic carbocycles. The van der Waals surface area contributed by atoms with E-state index < -0.39 is 6.09 Å². The third-order valence-corrected chi connectivity index (χ3v) is 5.66. The lowest BCUT2D eigenvalue weighted by atomic mass is 10.1. The first-order chi connectivity index (χ1) is 14.1. The molecule has 158 valence electrons. The third-order valence-electron chi connectivity index (χ3n) is 4.54. The van der Waals surface area contributed by atoms with Crippen LogP contribution < -0.4 is 16.7 Å². The number of nitrogens with zero attached hydrogens (tertiary/aromatic N) is 3. The maximum Gasteiger partial charge on any atom is 0.411 e. The summed E-state index contributed by atoms with van der Waals surface area (Å²) in [6, 6.07) is 9.70. The number of benzene rings is 1. The lowest BCUT2D eigenvalue weighted by molar-refractivity contribution is 0.151. The van der Waals surface area contributed by atoms with Gasteiger partial charge in [0.05, 0.1) is 25.1 Å². The Hall–Kier alpha value is -2.95. The largest absolute Gasteiger partial charge is 0.444 e. The van der Waals surface area contributed by atoms with E-state index in [0.717, 1.165) is 26.6 Å². The molecular weight excluding hydrogens is 433 g/mol. The van der Waals surface area contributed by atoms with Gasteiger partial charge in [-0.15, -0.1) is 23.7 Å². The number of thiophene rings is 1. The van der Waals surface area contributed by atoms with E-state index >= 15 is 0 Å². The number of nitrogens with two attached hydrogens (primary N) is 1. The molecule has 1 amide bonds. The highest BCUT2D eigenvalue weighted by atomic mass is 35.5. The molecule has 11 heteroatoms. The summed E-state index contributed by atoms with van der Waals surface area (Å²) >= 11 is 1.56. The fraction of sp³-hybridized carbons (Fsp3) is 0.211. The number of cyclic esters (lactones) is 1. The zero-order valence-corrected chi connectivity index (χ0v) is 17.3. The molecule has 0 saturated carbocycles. The summed E-state index contributed by atoms with van der Waals surface area (Å²) in [6.07, 6.45) is 1.40. The normalized spacial score (nSPS) is 13.3. The van der Waals surface area contributed by atoms with Crippen molar-refractivity contribution < 1.29 is 13.9 Å². The first kappa shape index (κ1) is 21.8. The molecule has 8 nitrogen and oxygen atoms in total. The van der Waals surface area contributed by atoms with Crippen molar-refractivity contribution in [2.45, 2.75) is 19.7 Å². The third kappa shape index (κ3) is 4.45. The topological polar surface area (TPSA) is 104 Å². The van der Waals surface area contributed by atoms with E-state index in [1.54, 1.807) is 11.3 Å². The van der Waals surface area contributed by atoms with Gasteiger partial charge < -0.3 is 10.5 Å². The van der Waals surface area contributed by atoms with Crippen LogP contribution in [-0.2, 0) is 24.4 Å². The molecule has 3 aromatic rings. The highest BCUT2D eigenvalue weighted by Crippen LogP contribution is 2.32. The molecule has 3 heterocycles. The van der Waals surface area contributed by atoms with Crippen molar-refractivity contribution in [2.75, 3.05) is 11.9 Å². The molecule has 1 aliphatic heterocycles. The molecule has 0 unspecified atom stereocenters. The van der Waals surface area contributed by atoms with Gasteiger partial charge in [0.25, 0.3) is 0 Å². The molecule has 2 aromatic heterocycles. The van der Waals surface area contributed by atoms with Crippen LogP contribution in [0.15, 0.2) is 53.4 Å². The summed E-state index contributed by atoms with van der Waals surface area (Å²) in [5.74, 6) is 0. The van der Waals surface area contributed by atoms with Gasteiger partial charge in [0.15, 0.2) is 0 Å². The van der Waals surface area contributed by atoms with Gasteiger partial charge in [-0.1, -0.05) is 6.07 Å². The number of aromatic nitrogens is 3. The standard InChI is InChI=1S/C19H18FN5O3S.ClH/c20-6-12(7-21)8-25-19(27)24(11-22-25)9-15-2-4-17(29-15)13-1-3-16-14(5-13)10-28-18(26)23-16;/h1-6,11H,7-10,21H2,(H,23,26);1H/b12-6+;. The summed E-state index contributed by atoms with van der Waals surface area (Å²) in [4.78, 5) is 25.7. The number of anilines is 1. The molecule has 30 heavy (non-hydrogen) atoms. The minimum absolute atomic E-state index is 0. The number of amides is 1. The quantitative estimate of drug-likeness (QED) is 0.599. The fourth-order valence-corrected chi connectivity index (χ4v) is 3.99. The zero-order valence-electron chi connectivity index (χ0n) is 15.7. The Balaban J connectivity index is 0.00000256. The Morgan fingerprint density at radius 2 is 2.17 bits per heavy atom. The van der Waals surface area contributed by atoms with Crippen LogP contribution in [0, 0.1) is 0 Å². The summed E-state index contributed by atoms with van der Waals surface area (Å²) in [5.41, 5.74) is 8.07. The molecule has 0 saturated heterocycles. The van der Waals surface area contributed by atoms with E-state index in [0.29, 0.717) is 18.4 Å². The van der Waals surface area contributed by atoms with Crippen molar-refractivity contribution in [1.29, 1.82) is 0 Å². The van der Waals surface area contributed by atoms with Gasteiger partial charge in [0.1, 0.15) is 12.9 Å². The number of halogens is 2. The molecule has 0 spiro atoms. The smallest absolute Gasteiger partial charge is 0.411 e. The van der Waals surface area contributed by atoms with Gasteiger partial charge in [0, 0.05) is 21.9 Å². The van der Waals surface area contributed by atoms with E-state index in [2.05, 4.69) is 10.4 Å². The fourth-order valence-electron chi connectivity index (χ4n) is 2.99. The second-order valence-corrected chi connectivity index (χ2v) is 7.68. The number of hydrogen-bond acceptors (Lipinski definition) is 6. The van der Waals surface area contributed by atoms with Crippen LogP contribution in [0.1, 0.15) is 10.4 Å². The van der Waals surface area contributed by atoms with Gasteiger partial charge in [0.2, 0.25) is 0 Å². The Morgan fingerprint density at radius 1 is 1.33 bits per heavy atom. The first-order valence-electron chi connectivity index (χ1n) is 8.83. The van der Waals surface area contributed by atoms with E-state index in [9.17, 15) is 14.0 Å². The van der Waals surface area contributed by atoms with Crippen molar-refractivity contribution in [2.24, 2.45) is 5.73 Å². The number of nitrogens with one attached hydrogen (secondary N) is 1. The average Bonchev–Trinajstić information content (AvgIpc) is 3.33. The Bertz CT molecular complexity index is 1150. The average molecular weight is 452 g/mol. The van der Waals surface area contributed by atoms with Crippen molar-refractivity contribution in [3.05, 3.63) is 69.5 Å². The number of hydrogen-bond donors (Lipinski definition) is 2. The molecule has 4 rings (SSSR count). The second-order valence-electron chi connectivity index (χ2n) is 6.51. The van der Waals surface area contributed by atoms with Crippen LogP contribution in [0.3, 0.4) is 0 Å². The number of ether oxygens (including phenoxy) is 1. The van der Waals surface area contributed by atoms with Crippen LogP contribution in [0.2, 0.25) is 0 Å². The van der Waals surface area contributed by atoms with Crippen molar-refractivity contribution in [1.82, 2.24) is 14.3 Å². The minimum Gasteiger partial charge on any atom is -0.444 e. The lowest BCUT2D eigenvalue weighted by Crippen LogP contribution is -2.26. The van der Waals surface area contributed by atoms with Gasteiger partial charge in [-0.05, 0) is 35.4 Å². The van der Waals surface area contributed by atoms with Crippen LogP contribution in [0.25, 0.3) is 10.4 Å². The number of carbonyl (C=O) groups excluding carboxylic acids is 1. The highest BCUT2D eigenvalue weighted by Gasteiger charge is 2.16. The van der Waals surface area contributed by atoms with Crippen LogP contribution in [-0.4, -0.2) is 27.0 Å². The van der Waals surface area contributed by atoms with Gasteiger partial charge >= 0.3 is 11.8 Å². The van der Waals surface area contributed by atoms with Crippen molar-refractivity contribution in [3.63, 3.8) is 0 Å². The van der Waals surface area contributed by atoms with Crippen LogP contribution in [0.5, 0.6) is 0 Å². The van der Waals surface area contributed by atoms with Gasteiger partial charge in [-0.25, -0.2) is 18.7 Å². The molecule has 0 fully saturated rings. The predicted molar refractivity (Wildman–Crippen MR) is 115 cm³/mol. The number of rotatable bonds is 6. The molecule has 3 N–H and O–H groups in total. The second kappa shape index (κ2) is 9.24. The monoisotopic (exact) mass is 451 g/mol. The van der Waals surface area contributed by atoms with E-state index in [4.69, 9.17) is 10.5 Å². The van der Waals surface area contributed by atoms with Gasteiger partial charge in [-0.3, -0.25) is 9.88 Å². The maximum atomic E-state index is 12.7. The summed E-state index contributed by atoms with van der Waals surface area (Å²) < 4.78 is 20.4. The Labute approximate surface area is 181 Å². The zero-order chi connectivity index (χ0) is 20.4. The molecule has 1 aliphatic rings. The first-order valence-corrected chi connectivity index (χ1v) is 9.65. The molecule has 1 aromatic carbocycles. The molecular formula is C19H19ClFN5O3S. The summed E-state index contributed by atoms with van der Waals surface area (Å²) in [6.45, 7) is 0.659. The highest BCUT2D eigenvalue weighted by molar-refractivity contribution is 7.15. The van der Waals surface area contributed by atoms with Crippen LogP contribution >= 0.6 is 23.7 Å². The predicted octanol–water partition coefficient (Wildman–Crippen LogP) is 3.12. The maximum absolute atomic E-state index is 12.7. The lowest BCUT2D eigenvalue weighted by Gasteiger charge is -2.17. The minimum atomic E-state index is -0.449. The van der Waals surface area contributed by atoms with E-state index in [1.165, 1.54) is 15.6 Å². The summed E-state index contributed by atoms with van der Waals surface area (Å²) in [5, 5.41) is 6.69. The number of carbonyl (C=O) groups is 1. The Morgan fingerprint density at radius 3 is 2.93 bits per heavy atom. The van der Waals surface area contributed by atoms with Crippen molar-refractivity contribution in [3.8, 4) is 10.4 Å². The van der Waals surface area contributed by atoms with Gasteiger partial charge in [-0.2, -0.15) is 5.10 Å². The van der Waals surface area contributed by atoms with E-state index in [1.807, 2.05) is 30.3 Å². The van der Waals surface area contributed by atoms with Crippen molar-refractivity contribution >= 4 is 35.5 Å². The SMILES string of the molecule is Cl.NC/C(=C\F)Cn1ncn(Cc2ccc(-c3ccc4c(c3)COC(=O)N4)s2)c1=O. The number of fused-ring (bicyclic) bond motifs is 1.